The molecule has 1 saturated carbocycles. The normalized spacial score (nSPS) is 24.4. The van der Waals surface area contributed by atoms with Crippen molar-refractivity contribution in [2.24, 2.45) is 5.41 Å². The molecule has 0 radical (unpaired) electrons. The van der Waals surface area contributed by atoms with E-state index in [0.717, 1.165) is 50.8 Å². The summed E-state index contributed by atoms with van der Waals surface area (Å²) in [5, 5.41) is 21.6. The molecule has 2 aromatic carbocycles. The molecular formula is C36H37F4N5O5. The number of aromatic nitrogens is 3. The van der Waals surface area contributed by atoms with Gasteiger partial charge in [0.25, 0.3) is 0 Å². The fraction of sp³-hybridized carbons (Fsp3) is 0.472. The molecule has 2 aromatic heterocycles. The zero-order chi connectivity index (χ0) is 35.4. The number of aromatic hydroxyl groups is 1. The highest BCUT2D eigenvalue weighted by molar-refractivity contribution is 6.04. The van der Waals surface area contributed by atoms with Crippen LogP contribution in [0, 0.1) is 29.4 Å². The number of terminal acetylenes is 1. The van der Waals surface area contributed by atoms with E-state index in [4.69, 9.17) is 20.6 Å². The first-order valence-corrected chi connectivity index (χ1v) is 16.6. The monoisotopic (exact) mass is 695 g/mol. The van der Waals surface area contributed by atoms with Crippen molar-refractivity contribution in [2.75, 3.05) is 51.4 Å². The summed E-state index contributed by atoms with van der Waals surface area (Å²) in [5.74, 6) is -0.728. The van der Waals surface area contributed by atoms with E-state index < -0.39 is 40.9 Å². The van der Waals surface area contributed by atoms with E-state index in [1.54, 1.807) is 11.8 Å². The minimum Gasteiger partial charge on any atom is -0.508 e. The molecule has 10 nitrogen and oxygen atoms in total. The first-order chi connectivity index (χ1) is 23.9. The number of aliphatic hydroxyl groups is 1. The van der Waals surface area contributed by atoms with Gasteiger partial charge >= 0.3 is 12.6 Å². The molecule has 264 valence electrons. The van der Waals surface area contributed by atoms with Crippen LogP contribution >= 0.6 is 0 Å². The summed E-state index contributed by atoms with van der Waals surface area (Å²) in [6.45, 7) is -0.406. The summed E-state index contributed by atoms with van der Waals surface area (Å²) in [4.78, 5) is 17.2. The Morgan fingerprint density at radius 1 is 1.12 bits per heavy atom. The van der Waals surface area contributed by atoms with Crippen LogP contribution in [0.15, 0.2) is 24.3 Å². The van der Waals surface area contributed by atoms with Crippen LogP contribution in [-0.2, 0) is 4.74 Å². The minimum atomic E-state index is -3.40. The molecule has 2 saturated heterocycles. The highest BCUT2D eigenvalue weighted by Crippen LogP contribution is 2.48. The molecule has 3 fully saturated rings. The number of phenols is 1. The number of ether oxygens (including phenoxy) is 3. The smallest absolute Gasteiger partial charge is 0.388 e. The van der Waals surface area contributed by atoms with Gasteiger partial charge in [0.15, 0.2) is 5.82 Å². The quantitative estimate of drug-likeness (QED) is 0.186. The average Bonchev–Trinajstić information content (AvgIpc) is 3.42. The minimum absolute atomic E-state index is 0.0108. The Balaban J connectivity index is 1.47. The van der Waals surface area contributed by atoms with Crippen molar-refractivity contribution in [2.45, 2.75) is 57.3 Å². The number of halogens is 4. The molecule has 3 aliphatic rings. The summed E-state index contributed by atoms with van der Waals surface area (Å²) in [6, 6.07) is 4.97. The molecule has 4 aromatic rings. The van der Waals surface area contributed by atoms with Crippen LogP contribution in [0.1, 0.15) is 44.6 Å². The first kappa shape index (κ1) is 34.0. The summed E-state index contributed by atoms with van der Waals surface area (Å²) in [6.07, 6.45) is 10.6. The third kappa shape index (κ3) is 6.12. The molecule has 50 heavy (non-hydrogen) atoms. The van der Waals surface area contributed by atoms with Crippen molar-refractivity contribution in [3.8, 4) is 41.2 Å². The highest BCUT2D eigenvalue weighted by atomic mass is 19.3. The standard InChI is InChI=1S/C36H37F4N5O5/c1-4-22-24(37)9-8-20-15-21(46)16-23(26(20)22)29-28(38)30-27(32(41-29)50-33(39)40)31(45-13-14-48-18-35(2,47)17-45)43-34(42-30)49-19-36-10-5-7-25(36)44(3)12-6-11-36/h1,8-9,15-16,25,33,46-47H,5-7,10-14,17-19H2,2-3H3/t25?,35-,36?/m0/s1. The van der Waals surface area contributed by atoms with Crippen molar-refractivity contribution in [1.29, 1.82) is 0 Å². The molecule has 0 bridgehead atoms. The van der Waals surface area contributed by atoms with Gasteiger partial charge in [-0.05, 0) is 69.8 Å². The number of fused-ring (bicyclic) bond motifs is 3. The Morgan fingerprint density at radius 3 is 2.70 bits per heavy atom. The summed E-state index contributed by atoms with van der Waals surface area (Å²) in [7, 11) is 2.10. The number of alkyl halides is 2. The van der Waals surface area contributed by atoms with Crippen LogP contribution in [0.2, 0.25) is 0 Å². The Kier molecular flexibility index (Phi) is 8.86. The van der Waals surface area contributed by atoms with Crippen molar-refractivity contribution >= 4 is 27.5 Å². The van der Waals surface area contributed by atoms with Gasteiger partial charge in [-0.1, -0.05) is 18.4 Å². The second kappa shape index (κ2) is 13.0. The van der Waals surface area contributed by atoms with Crippen LogP contribution in [0.25, 0.3) is 32.9 Å². The second-order valence-corrected chi connectivity index (χ2v) is 13.8. The zero-order valence-corrected chi connectivity index (χ0v) is 27.7. The number of hydrogen-bond donors (Lipinski definition) is 2. The highest BCUT2D eigenvalue weighted by Gasteiger charge is 2.47. The molecule has 4 heterocycles. The molecule has 2 N–H and O–H groups in total. The molecule has 2 aliphatic heterocycles. The fourth-order valence-electron chi connectivity index (χ4n) is 8.07. The predicted octanol–water partition coefficient (Wildman–Crippen LogP) is 5.64. The van der Waals surface area contributed by atoms with Gasteiger partial charge in [0.05, 0.1) is 31.9 Å². The van der Waals surface area contributed by atoms with E-state index in [1.807, 2.05) is 0 Å². The lowest BCUT2D eigenvalue weighted by molar-refractivity contribution is -0.0517. The SMILES string of the molecule is C#Cc1c(F)ccc2cc(O)cc(-c3nc(OC(F)F)c4c(N5CCOC[C@@](C)(O)C5)nc(OCC56CCCC5N(C)CCC6)nc4c3F)c12. The lowest BCUT2D eigenvalue weighted by Crippen LogP contribution is -2.50. The van der Waals surface area contributed by atoms with E-state index >= 15 is 4.39 Å². The Bertz CT molecular complexity index is 2010. The molecule has 0 amide bonds. The van der Waals surface area contributed by atoms with Crippen LogP contribution < -0.4 is 14.4 Å². The van der Waals surface area contributed by atoms with Crippen LogP contribution in [-0.4, -0.2) is 94.8 Å². The molecule has 2 unspecified atom stereocenters. The van der Waals surface area contributed by atoms with Gasteiger partial charge in [-0.25, -0.2) is 13.8 Å². The van der Waals surface area contributed by atoms with Crippen molar-refractivity contribution in [3.05, 3.63) is 41.5 Å². The van der Waals surface area contributed by atoms with E-state index in [0.29, 0.717) is 0 Å². The molecule has 3 atom stereocenters. The molecular weight excluding hydrogens is 658 g/mol. The van der Waals surface area contributed by atoms with Gasteiger partial charge in [0.2, 0.25) is 5.88 Å². The average molecular weight is 696 g/mol. The van der Waals surface area contributed by atoms with E-state index in [-0.39, 0.29) is 89.2 Å². The Morgan fingerprint density at radius 2 is 1.92 bits per heavy atom. The number of hydrogen-bond acceptors (Lipinski definition) is 10. The lowest BCUT2D eigenvalue weighted by atomic mass is 9.76. The van der Waals surface area contributed by atoms with Crippen LogP contribution in [0.3, 0.4) is 0 Å². The van der Waals surface area contributed by atoms with Gasteiger partial charge in [-0.3, -0.25) is 0 Å². The third-order valence-electron chi connectivity index (χ3n) is 10.2. The number of phenolic OH excluding ortho intramolecular Hbond substituents is 1. The predicted molar refractivity (Wildman–Crippen MR) is 178 cm³/mol. The van der Waals surface area contributed by atoms with Crippen molar-refractivity contribution < 1.29 is 42.0 Å². The van der Waals surface area contributed by atoms with Gasteiger partial charge in [0.1, 0.15) is 39.6 Å². The number of piperidine rings is 1. The maximum atomic E-state index is 17.1. The van der Waals surface area contributed by atoms with Crippen LogP contribution in [0.4, 0.5) is 23.4 Å². The number of nitrogens with zero attached hydrogens (tertiary/aromatic N) is 5. The van der Waals surface area contributed by atoms with E-state index in [2.05, 4.69) is 32.8 Å². The van der Waals surface area contributed by atoms with Gasteiger partial charge in [0, 0.05) is 29.0 Å². The lowest BCUT2D eigenvalue weighted by Gasteiger charge is -2.44. The van der Waals surface area contributed by atoms with Gasteiger partial charge in [-0.2, -0.15) is 18.7 Å². The maximum Gasteiger partial charge on any atom is 0.388 e. The third-order valence-corrected chi connectivity index (χ3v) is 10.2. The largest absolute Gasteiger partial charge is 0.508 e. The Hall–Kier alpha value is -4.45. The van der Waals surface area contributed by atoms with Crippen molar-refractivity contribution in [3.63, 3.8) is 0 Å². The zero-order valence-electron chi connectivity index (χ0n) is 27.7. The second-order valence-electron chi connectivity index (χ2n) is 13.8. The molecule has 1 aliphatic carbocycles. The number of pyridine rings is 1. The Labute approximate surface area is 286 Å². The summed E-state index contributed by atoms with van der Waals surface area (Å²) in [5.41, 5.74) is -3.00. The number of β-amino-alcohol motifs (C(OH)–C–C–N with tert-alkyl or cyclic N) is 1. The number of benzene rings is 2. The molecule has 0 spiro atoms. The summed E-state index contributed by atoms with van der Waals surface area (Å²) < 4.78 is 77.1. The first-order valence-electron chi connectivity index (χ1n) is 16.6. The van der Waals surface area contributed by atoms with Gasteiger partial charge < -0.3 is 34.2 Å². The van der Waals surface area contributed by atoms with Crippen molar-refractivity contribution in [1.82, 2.24) is 19.9 Å². The van der Waals surface area contributed by atoms with Crippen LogP contribution in [0.5, 0.6) is 17.6 Å². The topological polar surface area (TPSA) is 113 Å². The molecule has 7 rings (SSSR count). The maximum absolute atomic E-state index is 17.1. The molecule has 14 heteroatoms. The number of anilines is 1. The number of rotatable bonds is 7. The van der Waals surface area contributed by atoms with E-state index in [9.17, 15) is 23.4 Å². The number of likely N-dealkylation sites (tertiary alicyclic amines) is 1. The van der Waals surface area contributed by atoms with Gasteiger partial charge in [-0.15, -0.1) is 6.42 Å². The van der Waals surface area contributed by atoms with E-state index in [1.165, 1.54) is 12.1 Å². The fourth-order valence-corrected chi connectivity index (χ4v) is 8.07. The summed E-state index contributed by atoms with van der Waals surface area (Å²) >= 11 is 0.